The van der Waals surface area contributed by atoms with Crippen LogP contribution in [0.4, 0.5) is 0 Å². The number of nitrogens with one attached hydrogen (secondary N) is 2. The number of hydrogen-bond donors (Lipinski definition) is 4. The van der Waals surface area contributed by atoms with E-state index in [0.717, 1.165) is 39.7 Å². The molecule has 38 heavy (non-hydrogen) atoms. The third-order valence-electron chi connectivity index (χ3n) is 6.06. The van der Waals surface area contributed by atoms with Crippen molar-refractivity contribution in [3.8, 4) is 33.9 Å². The third kappa shape index (κ3) is 7.91. The molecule has 0 fully saturated rings. The Bertz CT molecular complexity index is 1160. The maximum Gasteiger partial charge on any atom is 0.159 e. The van der Waals surface area contributed by atoms with E-state index in [4.69, 9.17) is 11.5 Å². The molecule has 0 aliphatic carbocycles. The summed E-state index contributed by atoms with van der Waals surface area (Å²) in [6, 6.07) is 7.72. The summed E-state index contributed by atoms with van der Waals surface area (Å²) in [5.41, 5.74) is 17.1. The molecule has 0 amide bonds. The normalized spacial score (nSPS) is 12.7. The first kappa shape index (κ1) is 35.8. The van der Waals surface area contributed by atoms with Crippen molar-refractivity contribution in [1.82, 2.24) is 29.9 Å². The largest absolute Gasteiger partial charge is 0.341 e. The zero-order valence-electron chi connectivity index (χ0n) is 22.4. The first-order valence-electron chi connectivity index (χ1n) is 11.5. The fraction of sp³-hybridized carbons (Fsp3) is 0.385. The number of imidazole rings is 2. The summed E-state index contributed by atoms with van der Waals surface area (Å²) in [6.07, 6.45) is 7.19. The van der Waals surface area contributed by atoms with Crippen LogP contribution in [-0.4, -0.2) is 29.9 Å². The van der Waals surface area contributed by atoms with E-state index in [1.165, 1.54) is 0 Å². The Morgan fingerprint density at radius 3 is 1.32 bits per heavy atom. The molecule has 0 unspecified atom stereocenters. The van der Waals surface area contributed by atoms with Gasteiger partial charge in [-0.05, 0) is 16.4 Å². The smallest absolute Gasteiger partial charge is 0.159 e. The zero-order valence-corrected chi connectivity index (χ0v) is 25.6. The van der Waals surface area contributed by atoms with E-state index in [0.29, 0.717) is 5.82 Å². The Balaban J connectivity index is 0.00000342. The molecule has 0 radical (unpaired) electrons. The molecular formula is C26H38Cl4N8. The number of nitrogens with two attached hydrogens (primary N) is 2. The molecule has 3 aromatic heterocycles. The lowest BCUT2D eigenvalue weighted by atomic mass is 9.87. The van der Waals surface area contributed by atoms with Gasteiger partial charge in [0.25, 0.3) is 0 Å². The Morgan fingerprint density at radius 1 is 0.553 bits per heavy atom. The van der Waals surface area contributed by atoms with Crippen LogP contribution in [0.1, 0.15) is 65.3 Å². The van der Waals surface area contributed by atoms with Crippen LogP contribution in [-0.2, 0) is 0 Å². The third-order valence-corrected chi connectivity index (χ3v) is 6.06. The number of benzene rings is 1. The highest BCUT2D eigenvalue weighted by atomic mass is 35.5. The van der Waals surface area contributed by atoms with Gasteiger partial charge in [0.1, 0.15) is 11.6 Å². The van der Waals surface area contributed by atoms with E-state index in [9.17, 15) is 0 Å². The van der Waals surface area contributed by atoms with E-state index >= 15 is 0 Å². The Kier molecular flexibility index (Phi) is 12.9. The summed E-state index contributed by atoms with van der Waals surface area (Å²) in [7, 11) is 0. The van der Waals surface area contributed by atoms with Gasteiger partial charge in [-0.1, -0.05) is 65.8 Å². The van der Waals surface area contributed by atoms with Crippen molar-refractivity contribution < 1.29 is 0 Å². The number of aromatic amines is 2. The van der Waals surface area contributed by atoms with E-state index in [2.05, 4.69) is 71.4 Å². The van der Waals surface area contributed by atoms with E-state index in [1.807, 2.05) is 30.5 Å². The summed E-state index contributed by atoms with van der Waals surface area (Å²) >= 11 is 0. The van der Waals surface area contributed by atoms with Crippen LogP contribution >= 0.6 is 49.6 Å². The molecule has 0 saturated heterocycles. The number of aromatic nitrogens is 6. The van der Waals surface area contributed by atoms with Gasteiger partial charge in [0, 0.05) is 23.5 Å². The molecule has 6 N–H and O–H groups in total. The van der Waals surface area contributed by atoms with Gasteiger partial charge in [0.05, 0.1) is 35.9 Å². The van der Waals surface area contributed by atoms with Crippen LogP contribution in [0.2, 0.25) is 0 Å². The topological polar surface area (TPSA) is 135 Å². The predicted molar refractivity (Wildman–Crippen MR) is 164 cm³/mol. The minimum Gasteiger partial charge on any atom is -0.341 e. The monoisotopic (exact) mass is 602 g/mol. The highest BCUT2D eigenvalue weighted by molar-refractivity contribution is 5.86. The second kappa shape index (κ2) is 13.7. The van der Waals surface area contributed by atoms with Gasteiger partial charge in [0.2, 0.25) is 0 Å². The van der Waals surface area contributed by atoms with Gasteiger partial charge in [-0.3, -0.25) is 0 Å². The van der Waals surface area contributed by atoms with Gasteiger partial charge < -0.3 is 21.4 Å². The van der Waals surface area contributed by atoms with Crippen LogP contribution in [0.5, 0.6) is 0 Å². The minimum atomic E-state index is -0.185. The first-order valence-corrected chi connectivity index (χ1v) is 11.5. The van der Waals surface area contributed by atoms with Crippen LogP contribution in [0.15, 0.2) is 49.1 Å². The summed E-state index contributed by atoms with van der Waals surface area (Å²) in [5.74, 6) is 2.20. The fourth-order valence-corrected chi connectivity index (χ4v) is 3.52. The molecule has 0 aliphatic rings. The lowest BCUT2D eigenvalue weighted by Gasteiger charge is -2.25. The molecule has 0 aliphatic heterocycles. The summed E-state index contributed by atoms with van der Waals surface area (Å²) < 4.78 is 0. The highest BCUT2D eigenvalue weighted by Gasteiger charge is 2.26. The van der Waals surface area contributed by atoms with Crippen molar-refractivity contribution in [3.05, 3.63) is 60.7 Å². The SMILES string of the molecule is CC(C)(C)[C@H](N)c1ncc(-c2ccc(-c3ncc(-c4cnc([C@@H](N)C(C)(C)C)[nH]4)cn3)cc2)[nH]1.Cl.Cl.Cl.Cl. The summed E-state index contributed by atoms with van der Waals surface area (Å²) in [5, 5.41) is 0. The molecule has 8 nitrogen and oxygen atoms in total. The van der Waals surface area contributed by atoms with Gasteiger partial charge in [-0.15, -0.1) is 49.6 Å². The standard InChI is InChI=1S/C26H34N8.4ClH/c1-25(2,3)20(27)23-31-13-18(33-23)15-7-9-16(10-8-15)22-29-11-17(12-30-22)19-14-32-24(34-19)21(28)26(4,5)6;;;;/h7-14,20-21H,27-28H2,1-6H3,(H,31,33)(H,32,34);4*1H/t20-,21-;;;;/m1..../s1. The van der Waals surface area contributed by atoms with Crippen LogP contribution in [0.3, 0.4) is 0 Å². The van der Waals surface area contributed by atoms with Gasteiger partial charge >= 0.3 is 0 Å². The molecule has 2 atom stereocenters. The van der Waals surface area contributed by atoms with Crippen molar-refractivity contribution in [2.75, 3.05) is 0 Å². The molecule has 12 heteroatoms. The number of halogens is 4. The average molecular weight is 604 g/mol. The van der Waals surface area contributed by atoms with Crippen LogP contribution in [0.25, 0.3) is 33.9 Å². The summed E-state index contributed by atoms with van der Waals surface area (Å²) in [4.78, 5) is 24.7. The number of H-pyrrole nitrogens is 2. The van der Waals surface area contributed by atoms with Crippen LogP contribution < -0.4 is 11.5 Å². The molecule has 0 spiro atoms. The van der Waals surface area contributed by atoms with E-state index in [-0.39, 0.29) is 72.5 Å². The van der Waals surface area contributed by atoms with Crippen molar-refractivity contribution in [2.45, 2.75) is 53.6 Å². The Morgan fingerprint density at radius 2 is 0.921 bits per heavy atom. The van der Waals surface area contributed by atoms with Crippen molar-refractivity contribution in [1.29, 1.82) is 0 Å². The number of nitrogens with zero attached hydrogens (tertiary/aromatic N) is 4. The molecule has 4 aromatic rings. The molecular weight excluding hydrogens is 566 g/mol. The van der Waals surface area contributed by atoms with Gasteiger partial charge in [0.15, 0.2) is 5.82 Å². The maximum absolute atomic E-state index is 6.33. The Hall–Kier alpha value is -2.20. The highest BCUT2D eigenvalue weighted by Crippen LogP contribution is 2.31. The first-order chi connectivity index (χ1) is 15.9. The van der Waals surface area contributed by atoms with Gasteiger partial charge in [-0.25, -0.2) is 19.9 Å². The van der Waals surface area contributed by atoms with Gasteiger partial charge in [-0.2, -0.15) is 0 Å². The lowest BCUT2D eigenvalue weighted by molar-refractivity contribution is 0.316. The lowest BCUT2D eigenvalue weighted by Crippen LogP contribution is -2.27. The van der Waals surface area contributed by atoms with Crippen molar-refractivity contribution >= 4 is 49.6 Å². The maximum atomic E-state index is 6.33. The molecule has 0 bridgehead atoms. The molecule has 210 valence electrons. The molecule has 0 saturated carbocycles. The second-order valence-electron chi connectivity index (χ2n) is 10.9. The van der Waals surface area contributed by atoms with E-state index < -0.39 is 0 Å². The molecule has 3 heterocycles. The second-order valence-corrected chi connectivity index (χ2v) is 10.9. The number of rotatable bonds is 5. The Labute approximate surface area is 249 Å². The average Bonchev–Trinajstić information content (AvgIpc) is 3.47. The minimum absolute atomic E-state index is 0. The quantitative estimate of drug-likeness (QED) is 0.200. The van der Waals surface area contributed by atoms with Crippen LogP contribution in [0, 0.1) is 10.8 Å². The fourth-order valence-electron chi connectivity index (χ4n) is 3.52. The van der Waals surface area contributed by atoms with E-state index in [1.54, 1.807) is 18.6 Å². The zero-order chi connectivity index (χ0) is 24.7. The molecule has 1 aromatic carbocycles. The van der Waals surface area contributed by atoms with Crippen molar-refractivity contribution in [3.63, 3.8) is 0 Å². The molecule has 4 rings (SSSR count). The summed E-state index contributed by atoms with van der Waals surface area (Å²) in [6.45, 7) is 12.6. The number of hydrogen-bond acceptors (Lipinski definition) is 6. The van der Waals surface area contributed by atoms with Crippen molar-refractivity contribution in [2.24, 2.45) is 22.3 Å². The predicted octanol–water partition coefficient (Wildman–Crippen LogP) is 6.70.